The molecule has 1 rings (SSSR count). The largest absolute Gasteiger partial charge is 0.397 e. The van der Waals surface area contributed by atoms with Crippen molar-refractivity contribution in [2.45, 2.75) is 281 Å². The predicted octanol–water partition coefficient (Wildman–Crippen LogP) is 10.7. The molecular formula is C49H95NO11S. The number of rotatable bonds is 44. The summed E-state index contributed by atoms with van der Waals surface area (Å²) in [6.45, 7) is 3.45. The quantitative estimate of drug-likeness (QED) is 0.0194. The summed E-state index contributed by atoms with van der Waals surface area (Å²) in [6, 6.07) is -0.856. The molecule has 1 saturated heterocycles. The first-order chi connectivity index (χ1) is 30.0. The van der Waals surface area contributed by atoms with Gasteiger partial charge in [-0.25, -0.2) is 4.18 Å². The van der Waals surface area contributed by atoms with Gasteiger partial charge in [0.15, 0.2) is 6.29 Å². The van der Waals surface area contributed by atoms with Gasteiger partial charge in [0.1, 0.15) is 24.4 Å². The molecule has 368 valence electrons. The highest BCUT2D eigenvalue weighted by Crippen LogP contribution is 2.26. The van der Waals surface area contributed by atoms with E-state index in [0.29, 0.717) is 19.3 Å². The van der Waals surface area contributed by atoms with Gasteiger partial charge in [-0.3, -0.25) is 9.35 Å². The number of nitrogens with one attached hydrogen (secondary N) is 1. The van der Waals surface area contributed by atoms with E-state index in [9.17, 15) is 38.2 Å². The molecular weight excluding hydrogens is 811 g/mol. The number of allylic oxidation sites excluding steroid dienone is 2. The molecule has 6 N–H and O–H groups in total. The standard InChI is InChI=1S/C49H95NO11S/c1-3-5-7-9-11-13-15-16-17-18-19-20-21-22-23-24-25-26-27-29-31-33-35-37-39-45(53)50-42(43(52)38-36-34-32-30-28-14-12-10-8-6-4-2)41-59-49-47(55)48(61-62(56,57)58)46(54)44(40-51)60-49/h22-23,42-44,46-49,51-52,54-55H,3-21,24-41H2,1-2H3,(H,50,53)(H,56,57,58)/b23-22-. The van der Waals surface area contributed by atoms with E-state index in [4.69, 9.17) is 9.47 Å². The van der Waals surface area contributed by atoms with E-state index >= 15 is 0 Å². The Morgan fingerprint density at radius 2 is 1.03 bits per heavy atom. The maximum absolute atomic E-state index is 13.1. The van der Waals surface area contributed by atoms with E-state index in [2.05, 4.69) is 35.5 Å². The van der Waals surface area contributed by atoms with Crippen LogP contribution < -0.4 is 5.32 Å². The molecule has 0 bridgehead atoms. The van der Waals surface area contributed by atoms with Crippen molar-refractivity contribution in [3.63, 3.8) is 0 Å². The van der Waals surface area contributed by atoms with E-state index < -0.39 is 59.9 Å². The monoisotopic (exact) mass is 906 g/mol. The molecule has 62 heavy (non-hydrogen) atoms. The molecule has 1 aliphatic rings. The van der Waals surface area contributed by atoms with Crippen molar-refractivity contribution in [1.29, 1.82) is 0 Å². The van der Waals surface area contributed by atoms with Crippen molar-refractivity contribution in [3.05, 3.63) is 12.2 Å². The summed E-state index contributed by atoms with van der Waals surface area (Å²) in [5, 5.41) is 44.9. The summed E-state index contributed by atoms with van der Waals surface area (Å²) >= 11 is 0. The third kappa shape index (κ3) is 32.5. The average Bonchev–Trinajstić information content (AvgIpc) is 3.24. The number of aliphatic hydroxyl groups is 4. The highest BCUT2D eigenvalue weighted by molar-refractivity contribution is 7.80. The molecule has 1 amide bonds. The molecule has 1 fully saturated rings. The molecule has 0 spiro atoms. The van der Waals surface area contributed by atoms with Crippen LogP contribution in [0.1, 0.15) is 239 Å². The second-order valence-electron chi connectivity index (χ2n) is 18.1. The molecule has 0 aromatic carbocycles. The fraction of sp³-hybridized carbons (Fsp3) is 0.939. The fourth-order valence-electron chi connectivity index (χ4n) is 8.34. The first kappa shape index (κ1) is 58.9. The first-order valence-electron chi connectivity index (χ1n) is 25.6. The van der Waals surface area contributed by atoms with Gasteiger partial charge in [-0.2, -0.15) is 8.42 Å². The molecule has 7 atom stereocenters. The number of unbranched alkanes of at least 4 members (excludes halogenated alkanes) is 30. The van der Waals surface area contributed by atoms with Crippen molar-refractivity contribution in [3.8, 4) is 0 Å². The normalized spacial score (nSPS) is 20.5. The third-order valence-corrected chi connectivity index (χ3v) is 12.8. The number of hydrogen-bond donors (Lipinski definition) is 6. The zero-order chi connectivity index (χ0) is 45.5. The van der Waals surface area contributed by atoms with Gasteiger partial charge in [0.05, 0.1) is 25.4 Å². The Morgan fingerprint density at radius 3 is 1.45 bits per heavy atom. The topological polar surface area (TPSA) is 192 Å². The van der Waals surface area contributed by atoms with Gasteiger partial charge < -0.3 is 35.2 Å². The van der Waals surface area contributed by atoms with Crippen LogP contribution in [0.2, 0.25) is 0 Å². The summed E-state index contributed by atoms with van der Waals surface area (Å²) < 4.78 is 47.7. The van der Waals surface area contributed by atoms with Gasteiger partial charge in [-0.05, 0) is 38.5 Å². The average molecular weight is 906 g/mol. The Kier molecular flexibility index (Phi) is 38.1. The molecule has 13 heteroatoms. The van der Waals surface area contributed by atoms with Crippen LogP contribution in [-0.2, 0) is 28.9 Å². The molecule has 0 saturated carbocycles. The van der Waals surface area contributed by atoms with Crippen molar-refractivity contribution < 1.29 is 51.8 Å². The molecule has 1 aliphatic heterocycles. The Balaban J connectivity index is 2.35. The summed E-state index contributed by atoms with van der Waals surface area (Å²) in [5.74, 6) is -0.232. The number of amides is 1. The minimum Gasteiger partial charge on any atom is -0.394 e. The number of aliphatic hydroxyl groups excluding tert-OH is 4. The summed E-state index contributed by atoms with van der Waals surface area (Å²) in [4.78, 5) is 13.1. The number of ether oxygens (including phenoxy) is 2. The van der Waals surface area contributed by atoms with Crippen LogP contribution in [0.4, 0.5) is 0 Å². The van der Waals surface area contributed by atoms with Crippen molar-refractivity contribution in [1.82, 2.24) is 5.32 Å². The second-order valence-corrected chi connectivity index (χ2v) is 19.2. The fourth-order valence-corrected chi connectivity index (χ4v) is 8.85. The zero-order valence-corrected chi connectivity index (χ0v) is 40.3. The van der Waals surface area contributed by atoms with Gasteiger partial charge in [-0.15, -0.1) is 0 Å². The van der Waals surface area contributed by atoms with Crippen molar-refractivity contribution in [2.24, 2.45) is 0 Å². The Bertz CT molecular complexity index is 1160. The number of hydrogen-bond acceptors (Lipinski definition) is 10. The SMILES string of the molecule is CCCCCCCCCCCCCC/C=C\CCCCCCCCCCC(=O)NC(COC1OC(CO)C(O)C(OS(=O)(=O)O)C1O)C(O)CCCCCCCCCCCCC. The van der Waals surface area contributed by atoms with Crippen LogP contribution in [0.15, 0.2) is 12.2 Å². The number of carbonyl (C=O) groups is 1. The Labute approximate surface area is 379 Å². The summed E-state index contributed by atoms with van der Waals surface area (Å²) in [6.07, 6.45) is 36.5. The molecule has 0 radical (unpaired) electrons. The second kappa shape index (κ2) is 40.1. The molecule has 12 nitrogen and oxygen atoms in total. The van der Waals surface area contributed by atoms with E-state index in [1.807, 2.05) is 0 Å². The maximum atomic E-state index is 13.1. The van der Waals surface area contributed by atoms with Crippen LogP contribution in [0.3, 0.4) is 0 Å². The lowest BCUT2D eigenvalue weighted by Crippen LogP contribution is -2.61. The Hall–Kier alpha value is -1.16. The van der Waals surface area contributed by atoms with Crippen LogP contribution in [-0.4, -0.2) is 95.4 Å². The molecule has 0 aromatic heterocycles. The van der Waals surface area contributed by atoms with E-state index in [-0.39, 0.29) is 12.5 Å². The van der Waals surface area contributed by atoms with E-state index in [1.165, 1.54) is 154 Å². The van der Waals surface area contributed by atoms with Gasteiger partial charge >= 0.3 is 10.4 Å². The lowest BCUT2D eigenvalue weighted by molar-refractivity contribution is -0.298. The van der Waals surface area contributed by atoms with Crippen LogP contribution in [0, 0.1) is 0 Å². The van der Waals surface area contributed by atoms with Crippen LogP contribution in [0.25, 0.3) is 0 Å². The predicted molar refractivity (Wildman–Crippen MR) is 250 cm³/mol. The van der Waals surface area contributed by atoms with Crippen LogP contribution in [0.5, 0.6) is 0 Å². The molecule has 1 heterocycles. The summed E-state index contributed by atoms with van der Waals surface area (Å²) in [7, 11) is -5.07. The highest BCUT2D eigenvalue weighted by atomic mass is 32.3. The van der Waals surface area contributed by atoms with E-state index in [1.54, 1.807) is 0 Å². The maximum Gasteiger partial charge on any atom is 0.397 e. The lowest BCUT2D eigenvalue weighted by atomic mass is 9.99. The van der Waals surface area contributed by atoms with Gasteiger partial charge in [0.2, 0.25) is 5.91 Å². The number of carbonyl (C=O) groups excluding carboxylic acids is 1. The summed E-state index contributed by atoms with van der Waals surface area (Å²) in [5.41, 5.74) is 0. The van der Waals surface area contributed by atoms with Crippen molar-refractivity contribution in [2.75, 3.05) is 13.2 Å². The molecule has 0 aliphatic carbocycles. The van der Waals surface area contributed by atoms with E-state index in [0.717, 1.165) is 51.4 Å². The minimum absolute atomic E-state index is 0.232. The zero-order valence-electron chi connectivity index (χ0n) is 39.5. The van der Waals surface area contributed by atoms with Crippen LogP contribution >= 0.6 is 0 Å². The van der Waals surface area contributed by atoms with Gasteiger partial charge in [-0.1, -0.05) is 206 Å². The molecule has 7 unspecified atom stereocenters. The first-order valence-corrected chi connectivity index (χ1v) is 26.9. The molecule has 0 aromatic rings. The Morgan fingerprint density at radius 1 is 0.629 bits per heavy atom. The van der Waals surface area contributed by atoms with Crippen molar-refractivity contribution >= 4 is 16.3 Å². The van der Waals surface area contributed by atoms with Gasteiger partial charge in [0, 0.05) is 6.42 Å². The minimum atomic E-state index is -5.07. The smallest absolute Gasteiger partial charge is 0.394 e. The third-order valence-electron chi connectivity index (χ3n) is 12.3. The van der Waals surface area contributed by atoms with Gasteiger partial charge in [0.25, 0.3) is 0 Å². The lowest BCUT2D eigenvalue weighted by Gasteiger charge is -2.41. The highest BCUT2D eigenvalue weighted by Gasteiger charge is 2.48.